The second-order valence-electron chi connectivity index (χ2n) is 4.14. The van der Waals surface area contributed by atoms with Crippen LogP contribution in [0.25, 0.3) is 0 Å². The highest BCUT2D eigenvalue weighted by Crippen LogP contribution is 1.97. The van der Waals surface area contributed by atoms with E-state index in [0.29, 0.717) is 12.5 Å². The summed E-state index contributed by atoms with van der Waals surface area (Å²) in [5, 5.41) is 4.05. The molecule has 4 heteroatoms. The first-order valence-corrected chi connectivity index (χ1v) is 5.91. The van der Waals surface area contributed by atoms with Crippen molar-refractivity contribution < 1.29 is 9.57 Å². The van der Waals surface area contributed by atoms with Gasteiger partial charge < -0.3 is 14.5 Å². The van der Waals surface area contributed by atoms with Crippen molar-refractivity contribution in [3.8, 4) is 11.8 Å². The Morgan fingerprint density at radius 1 is 1.29 bits per heavy atom. The third-order valence-electron chi connectivity index (χ3n) is 2.20. The molecule has 0 aliphatic carbocycles. The number of rotatable bonds is 8. The average Bonchev–Trinajstić information content (AvgIpc) is 2.30. The van der Waals surface area contributed by atoms with Crippen LogP contribution in [-0.2, 0) is 9.57 Å². The zero-order valence-corrected chi connectivity index (χ0v) is 11.6. The van der Waals surface area contributed by atoms with Gasteiger partial charge in [-0.05, 0) is 19.9 Å². The van der Waals surface area contributed by atoms with Gasteiger partial charge in [0, 0.05) is 26.1 Å². The molecular weight excluding hydrogens is 216 g/mol. The molecule has 0 aromatic carbocycles. The van der Waals surface area contributed by atoms with Crippen LogP contribution in [-0.4, -0.2) is 51.1 Å². The quantitative estimate of drug-likeness (QED) is 0.280. The summed E-state index contributed by atoms with van der Waals surface area (Å²) in [6, 6.07) is 0. The minimum Gasteiger partial charge on any atom is -0.394 e. The van der Waals surface area contributed by atoms with Crippen LogP contribution >= 0.6 is 0 Å². The van der Waals surface area contributed by atoms with Gasteiger partial charge in [-0.1, -0.05) is 24.9 Å². The molecule has 0 aliphatic heterocycles. The van der Waals surface area contributed by atoms with Crippen molar-refractivity contribution in [2.45, 2.75) is 20.8 Å². The first-order chi connectivity index (χ1) is 8.11. The van der Waals surface area contributed by atoms with Gasteiger partial charge in [-0.2, -0.15) is 0 Å². The number of hydrogen-bond acceptors (Lipinski definition) is 4. The lowest BCUT2D eigenvalue weighted by molar-refractivity contribution is 0.103. The van der Waals surface area contributed by atoms with E-state index in [2.05, 4.69) is 35.7 Å². The molecule has 0 heterocycles. The predicted molar refractivity (Wildman–Crippen MR) is 71.0 cm³/mol. The molecule has 0 radical (unpaired) electrons. The molecule has 0 saturated carbocycles. The van der Waals surface area contributed by atoms with E-state index in [-0.39, 0.29) is 0 Å². The Balaban J connectivity index is 3.86. The summed E-state index contributed by atoms with van der Waals surface area (Å²) >= 11 is 0. The van der Waals surface area contributed by atoms with E-state index in [9.17, 15) is 0 Å². The molecule has 0 aromatic heterocycles. The molecule has 0 aromatic rings. The zero-order valence-electron chi connectivity index (χ0n) is 11.6. The van der Waals surface area contributed by atoms with E-state index in [0.717, 1.165) is 25.4 Å². The summed E-state index contributed by atoms with van der Waals surface area (Å²) in [5.74, 6) is 6.08. The average molecular weight is 240 g/mol. The molecule has 0 N–H and O–H groups in total. The van der Waals surface area contributed by atoms with E-state index < -0.39 is 0 Å². The Bertz CT molecular complexity index is 277. The lowest BCUT2D eigenvalue weighted by Gasteiger charge is -2.14. The fraction of sp³-hybridized carbons (Fsp3) is 0.769. The van der Waals surface area contributed by atoms with E-state index in [1.165, 1.54) is 0 Å². The van der Waals surface area contributed by atoms with Gasteiger partial charge in [0.25, 0.3) is 0 Å². The number of likely N-dealkylation sites (N-methyl/N-ethyl adjacent to an activating group) is 1. The van der Waals surface area contributed by atoms with Crippen molar-refractivity contribution >= 4 is 5.71 Å². The fourth-order valence-electron chi connectivity index (χ4n) is 1.07. The van der Waals surface area contributed by atoms with E-state index in [1.54, 1.807) is 14.0 Å². The lowest BCUT2D eigenvalue weighted by Crippen LogP contribution is -2.26. The Morgan fingerprint density at radius 3 is 2.47 bits per heavy atom. The predicted octanol–water partition coefficient (Wildman–Crippen LogP) is 1.62. The van der Waals surface area contributed by atoms with Gasteiger partial charge in [-0.15, -0.1) is 0 Å². The van der Waals surface area contributed by atoms with Gasteiger partial charge in [-0.25, -0.2) is 0 Å². The van der Waals surface area contributed by atoms with Crippen LogP contribution in [0.3, 0.4) is 0 Å². The summed E-state index contributed by atoms with van der Waals surface area (Å²) in [5.41, 5.74) is 0.798. The van der Waals surface area contributed by atoms with Gasteiger partial charge in [0.05, 0.1) is 6.61 Å². The second kappa shape index (κ2) is 10.1. The summed E-state index contributed by atoms with van der Waals surface area (Å²) < 4.78 is 4.99. The molecule has 4 nitrogen and oxygen atoms in total. The van der Waals surface area contributed by atoms with Crippen molar-refractivity contribution in [3.05, 3.63) is 0 Å². The van der Waals surface area contributed by atoms with Crippen LogP contribution in [0, 0.1) is 17.8 Å². The molecule has 17 heavy (non-hydrogen) atoms. The molecule has 0 fully saturated rings. The number of ether oxygens (including phenoxy) is 1. The smallest absolute Gasteiger partial charge is 0.132 e. The van der Waals surface area contributed by atoms with Gasteiger partial charge in [0.15, 0.2) is 0 Å². The van der Waals surface area contributed by atoms with Gasteiger partial charge in [-0.3, -0.25) is 0 Å². The van der Waals surface area contributed by atoms with Crippen molar-refractivity contribution in [3.63, 3.8) is 0 Å². The monoisotopic (exact) mass is 240 g/mol. The highest BCUT2D eigenvalue weighted by molar-refractivity contribution is 6.01. The number of oxime groups is 1. The Kier molecular flexibility index (Phi) is 9.50. The first-order valence-electron chi connectivity index (χ1n) is 5.91. The SMILES string of the molecule is CC#C/C(=N\OCCN(C)CCOC)C(C)C. The molecular formula is C13H24N2O2. The standard InChI is InChI=1S/C13H24N2O2/c1-6-7-13(12(2)3)14-17-11-9-15(4)8-10-16-5/h12H,8-11H2,1-5H3/b14-13+. The molecule has 98 valence electrons. The van der Waals surface area contributed by atoms with Gasteiger partial charge in [0.1, 0.15) is 12.3 Å². The van der Waals surface area contributed by atoms with E-state index >= 15 is 0 Å². The minimum atomic E-state index is 0.300. The van der Waals surface area contributed by atoms with Crippen molar-refractivity contribution in [1.29, 1.82) is 0 Å². The molecule has 0 unspecified atom stereocenters. The molecule has 0 amide bonds. The summed E-state index contributed by atoms with van der Waals surface area (Å²) in [4.78, 5) is 7.40. The molecule has 0 atom stereocenters. The van der Waals surface area contributed by atoms with Gasteiger partial charge >= 0.3 is 0 Å². The lowest BCUT2D eigenvalue weighted by atomic mass is 10.1. The molecule has 0 spiro atoms. The van der Waals surface area contributed by atoms with E-state index in [4.69, 9.17) is 9.57 Å². The topological polar surface area (TPSA) is 34.1 Å². The maximum atomic E-state index is 5.26. The van der Waals surface area contributed by atoms with Crippen molar-refractivity contribution in [2.24, 2.45) is 11.1 Å². The molecule has 0 saturated heterocycles. The number of methoxy groups -OCH3 is 1. The number of hydrogen-bond donors (Lipinski definition) is 0. The van der Waals surface area contributed by atoms with Crippen LogP contribution in [0.4, 0.5) is 0 Å². The zero-order chi connectivity index (χ0) is 13.1. The minimum absolute atomic E-state index is 0.300. The first kappa shape index (κ1) is 16.0. The molecule has 0 rings (SSSR count). The van der Waals surface area contributed by atoms with Crippen LogP contribution in [0.2, 0.25) is 0 Å². The van der Waals surface area contributed by atoms with Crippen molar-refractivity contribution in [2.75, 3.05) is 40.5 Å². The largest absolute Gasteiger partial charge is 0.394 e. The van der Waals surface area contributed by atoms with E-state index in [1.807, 2.05) is 7.05 Å². The van der Waals surface area contributed by atoms with Crippen molar-refractivity contribution in [1.82, 2.24) is 4.90 Å². The third-order valence-corrected chi connectivity index (χ3v) is 2.20. The second-order valence-corrected chi connectivity index (χ2v) is 4.14. The highest BCUT2D eigenvalue weighted by Gasteiger charge is 2.02. The molecule has 0 bridgehead atoms. The van der Waals surface area contributed by atoms with Crippen LogP contribution in [0.15, 0.2) is 5.16 Å². The normalized spacial score (nSPS) is 11.6. The van der Waals surface area contributed by atoms with Gasteiger partial charge in [0.2, 0.25) is 0 Å². The summed E-state index contributed by atoms with van der Waals surface area (Å²) in [6.07, 6.45) is 0. The van der Waals surface area contributed by atoms with Crippen LogP contribution in [0.1, 0.15) is 20.8 Å². The molecule has 0 aliphatic rings. The van der Waals surface area contributed by atoms with Crippen LogP contribution in [0.5, 0.6) is 0 Å². The number of nitrogens with zero attached hydrogens (tertiary/aromatic N) is 2. The Morgan fingerprint density at radius 2 is 1.94 bits per heavy atom. The highest BCUT2D eigenvalue weighted by atomic mass is 16.6. The Hall–Kier alpha value is -1.05. The summed E-state index contributed by atoms with van der Waals surface area (Å²) in [6.45, 7) is 8.94. The summed E-state index contributed by atoms with van der Waals surface area (Å²) in [7, 11) is 3.73. The maximum absolute atomic E-state index is 5.26. The van der Waals surface area contributed by atoms with Crippen LogP contribution < -0.4 is 0 Å². The fourth-order valence-corrected chi connectivity index (χ4v) is 1.07. The maximum Gasteiger partial charge on any atom is 0.132 e. The third kappa shape index (κ3) is 8.73. The Labute approximate surface area is 105 Å².